The molecule has 1 fully saturated rings. The van der Waals surface area contributed by atoms with E-state index >= 15 is 0 Å². The number of rotatable bonds is 5. The first-order valence-electron chi connectivity index (χ1n) is 7.50. The van der Waals surface area contributed by atoms with Crippen LogP contribution < -0.4 is 5.73 Å². The zero-order valence-electron chi connectivity index (χ0n) is 12.5. The largest absolute Gasteiger partial charge is 0.394 e. The number of hydrogen-bond donors (Lipinski definition) is 2. The number of benzene rings is 1. The zero-order valence-corrected chi connectivity index (χ0v) is 12.5. The molecule has 1 atom stereocenters. The second-order valence-corrected chi connectivity index (χ2v) is 5.93. The number of nitrogens with two attached hydrogens (primary N) is 1. The molecule has 3 N–H and O–H groups in total. The molecule has 1 unspecified atom stereocenters. The van der Waals surface area contributed by atoms with Gasteiger partial charge in [0.25, 0.3) is 0 Å². The molecule has 0 aliphatic carbocycles. The van der Waals surface area contributed by atoms with Crippen molar-refractivity contribution in [3.8, 4) is 0 Å². The highest BCUT2D eigenvalue weighted by Crippen LogP contribution is 2.22. The molecule has 20 heavy (non-hydrogen) atoms. The molecular formula is C16H27N3O. The highest BCUT2D eigenvalue weighted by Gasteiger charge is 2.27. The van der Waals surface area contributed by atoms with Gasteiger partial charge in [-0.25, -0.2) is 0 Å². The highest BCUT2D eigenvalue weighted by molar-refractivity contribution is 5.24. The van der Waals surface area contributed by atoms with Gasteiger partial charge in [0.1, 0.15) is 0 Å². The van der Waals surface area contributed by atoms with E-state index < -0.39 is 5.54 Å². The Labute approximate surface area is 122 Å². The third-order valence-electron chi connectivity index (χ3n) is 4.32. The van der Waals surface area contributed by atoms with Gasteiger partial charge in [0, 0.05) is 19.6 Å². The number of hydrogen-bond acceptors (Lipinski definition) is 4. The lowest BCUT2D eigenvalue weighted by atomic mass is 9.88. The van der Waals surface area contributed by atoms with Crippen molar-refractivity contribution in [3.05, 3.63) is 35.9 Å². The fraction of sp³-hybridized carbons (Fsp3) is 0.625. The molecule has 0 radical (unpaired) electrons. The Bertz CT molecular complexity index is 398. The summed E-state index contributed by atoms with van der Waals surface area (Å²) in [5.74, 6) is 0. The summed E-state index contributed by atoms with van der Waals surface area (Å²) in [4.78, 5) is 4.84. The Kier molecular flexibility index (Phi) is 5.54. The van der Waals surface area contributed by atoms with E-state index in [2.05, 4.69) is 16.8 Å². The maximum Gasteiger partial charge on any atom is 0.0656 e. The molecule has 1 aromatic rings. The molecule has 1 saturated heterocycles. The molecule has 1 aliphatic heterocycles. The van der Waals surface area contributed by atoms with Gasteiger partial charge in [-0.3, -0.25) is 0 Å². The van der Waals surface area contributed by atoms with Gasteiger partial charge in [-0.15, -0.1) is 0 Å². The maximum absolute atomic E-state index is 9.71. The lowest BCUT2D eigenvalue weighted by Crippen LogP contribution is -2.44. The number of likely N-dealkylation sites (N-methyl/N-ethyl adjacent to an activating group) is 1. The quantitative estimate of drug-likeness (QED) is 0.838. The van der Waals surface area contributed by atoms with E-state index in [9.17, 15) is 5.11 Å². The first-order chi connectivity index (χ1) is 9.64. The Morgan fingerprint density at radius 2 is 1.90 bits per heavy atom. The van der Waals surface area contributed by atoms with E-state index in [1.165, 1.54) is 13.0 Å². The lowest BCUT2D eigenvalue weighted by molar-refractivity contribution is 0.164. The van der Waals surface area contributed by atoms with E-state index in [1.807, 2.05) is 30.3 Å². The van der Waals surface area contributed by atoms with Gasteiger partial charge in [0.15, 0.2) is 0 Å². The second kappa shape index (κ2) is 7.18. The molecule has 1 heterocycles. The SMILES string of the molecule is CN1CCCN(CCC(N)(CO)c2ccccc2)CC1. The molecule has 4 nitrogen and oxygen atoms in total. The maximum atomic E-state index is 9.71. The molecule has 1 aliphatic rings. The summed E-state index contributed by atoms with van der Waals surface area (Å²) < 4.78 is 0. The Morgan fingerprint density at radius 3 is 2.60 bits per heavy atom. The fourth-order valence-corrected chi connectivity index (χ4v) is 2.77. The van der Waals surface area contributed by atoms with Crippen LogP contribution in [0.1, 0.15) is 18.4 Å². The molecular weight excluding hydrogens is 250 g/mol. The van der Waals surface area contributed by atoms with E-state index in [0.29, 0.717) is 0 Å². The monoisotopic (exact) mass is 277 g/mol. The Hall–Kier alpha value is -0.940. The van der Waals surface area contributed by atoms with Gasteiger partial charge in [-0.05, 0) is 38.5 Å². The van der Waals surface area contributed by atoms with E-state index in [0.717, 1.165) is 38.2 Å². The van der Waals surface area contributed by atoms with Crippen molar-refractivity contribution in [3.63, 3.8) is 0 Å². The van der Waals surface area contributed by atoms with Gasteiger partial charge in [0.2, 0.25) is 0 Å². The Balaban J connectivity index is 1.93. The molecule has 0 spiro atoms. The van der Waals surface area contributed by atoms with Gasteiger partial charge >= 0.3 is 0 Å². The van der Waals surface area contributed by atoms with Crippen LogP contribution in [0.2, 0.25) is 0 Å². The smallest absolute Gasteiger partial charge is 0.0656 e. The van der Waals surface area contributed by atoms with Crippen molar-refractivity contribution in [2.45, 2.75) is 18.4 Å². The van der Waals surface area contributed by atoms with E-state index in [4.69, 9.17) is 5.73 Å². The molecule has 0 amide bonds. The molecule has 4 heteroatoms. The lowest BCUT2D eigenvalue weighted by Gasteiger charge is -2.31. The standard InChI is InChI=1S/C16H27N3O/c1-18-9-5-10-19(13-12-18)11-8-16(17,14-20)15-6-3-2-4-7-15/h2-4,6-7,20H,5,8-14,17H2,1H3. The first kappa shape index (κ1) is 15.4. The van der Waals surface area contributed by atoms with Gasteiger partial charge in [0.05, 0.1) is 12.1 Å². The van der Waals surface area contributed by atoms with Crippen LogP contribution in [0.15, 0.2) is 30.3 Å². The van der Waals surface area contributed by atoms with E-state index in [1.54, 1.807) is 0 Å². The van der Waals surface area contributed by atoms with Crippen LogP contribution >= 0.6 is 0 Å². The summed E-state index contributed by atoms with van der Waals surface area (Å²) in [5, 5.41) is 9.71. The summed E-state index contributed by atoms with van der Waals surface area (Å²) in [5.41, 5.74) is 6.81. The zero-order chi connectivity index (χ0) is 14.4. The minimum absolute atomic E-state index is 0.00917. The fourth-order valence-electron chi connectivity index (χ4n) is 2.77. The van der Waals surface area contributed by atoms with Crippen LogP contribution in [0, 0.1) is 0 Å². The average molecular weight is 277 g/mol. The number of nitrogens with zero attached hydrogens (tertiary/aromatic N) is 2. The van der Waals surface area contributed by atoms with Crippen molar-refractivity contribution in [1.29, 1.82) is 0 Å². The summed E-state index contributed by atoms with van der Waals surface area (Å²) >= 11 is 0. The second-order valence-electron chi connectivity index (χ2n) is 5.93. The van der Waals surface area contributed by atoms with Crippen LogP contribution in [0.5, 0.6) is 0 Å². The summed E-state index contributed by atoms with van der Waals surface area (Å²) in [6.45, 7) is 5.43. The van der Waals surface area contributed by atoms with Crippen LogP contribution in [-0.4, -0.2) is 61.3 Å². The van der Waals surface area contributed by atoms with Crippen molar-refractivity contribution in [2.24, 2.45) is 5.73 Å². The van der Waals surface area contributed by atoms with Crippen molar-refractivity contribution in [1.82, 2.24) is 9.80 Å². The third kappa shape index (κ3) is 4.03. The van der Waals surface area contributed by atoms with Gasteiger partial charge in [-0.1, -0.05) is 30.3 Å². The molecule has 0 aromatic heterocycles. The van der Waals surface area contributed by atoms with Crippen molar-refractivity contribution < 1.29 is 5.11 Å². The van der Waals surface area contributed by atoms with Gasteiger partial charge in [-0.2, -0.15) is 0 Å². The van der Waals surface area contributed by atoms with Crippen molar-refractivity contribution >= 4 is 0 Å². The molecule has 2 rings (SSSR count). The van der Waals surface area contributed by atoms with Crippen molar-refractivity contribution in [2.75, 3.05) is 46.4 Å². The predicted molar refractivity (Wildman–Crippen MR) is 82.6 cm³/mol. The van der Waals surface area contributed by atoms with Gasteiger partial charge < -0.3 is 20.6 Å². The topological polar surface area (TPSA) is 52.7 Å². The minimum atomic E-state index is -0.626. The van der Waals surface area contributed by atoms with Crippen LogP contribution in [0.4, 0.5) is 0 Å². The third-order valence-corrected chi connectivity index (χ3v) is 4.32. The summed E-state index contributed by atoms with van der Waals surface area (Å²) in [6, 6.07) is 9.95. The summed E-state index contributed by atoms with van der Waals surface area (Å²) in [6.07, 6.45) is 2.00. The van der Waals surface area contributed by atoms with Crippen LogP contribution in [0.25, 0.3) is 0 Å². The van der Waals surface area contributed by atoms with Crippen LogP contribution in [0.3, 0.4) is 0 Å². The number of aliphatic hydroxyl groups is 1. The molecule has 112 valence electrons. The normalized spacial score (nSPS) is 21.4. The minimum Gasteiger partial charge on any atom is -0.394 e. The Morgan fingerprint density at radius 1 is 1.15 bits per heavy atom. The molecule has 1 aromatic carbocycles. The molecule has 0 saturated carbocycles. The summed E-state index contributed by atoms with van der Waals surface area (Å²) in [7, 11) is 2.18. The average Bonchev–Trinajstić information content (AvgIpc) is 2.70. The van der Waals surface area contributed by atoms with E-state index in [-0.39, 0.29) is 6.61 Å². The highest BCUT2D eigenvalue weighted by atomic mass is 16.3. The first-order valence-corrected chi connectivity index (χ1v) is 7.50. The number of aliphatic hydroxyl groups excluding tert-OH is 1. The predicted octanol–water partition coefficient (Wildman–Crippen LogP) is 0.861. The molecule has 0 bridgehead atoms. The van der Waals surface area contributed by atoms with Crippen LogP contribution in [-0.2, 0) is 5.54 Å².